The highest BCUT2D eigenvalue weighted by atomic mass is 35.5. The Morgan fingerprint density at radius 2 is 1.83 bits per heavy atom. The van der Waals surface area contributed by atoms with Gasteiger partial charge in [0.2, 0.25) is 0 Å². The molecule has 0 radical (unpaired) electrons. The van der Waals surface area contributed by atoms with Gasteiger partial charge in [0.15, 0.2) is 0 Å². The number of nitrogens with one attached hydrogen (secondary N) is 1. The summed E-state index contributed by atoms with van der Waals surface area (Å²) >= 11 is 7.48. The Hall–Kier alpha value is -1.98. The lowest BCUT2D eigenvalue weighted by molar-refractivity contribution is -0.137. The molecule has 2 rings (SSSR count). The predicted octanol–water partition coefficient (Wildman–Crippen LogP) is 4.00. The number of methoxy groups -OCH3 is 1. The average molecular weight is 350 g/mol. The van der Waals surface area contributed by atoms with Crippen molar-refractivity contribution in [3.63, 3.8) is 0 Å². The van der Waals surface area contributed by atoms with Crippen LogP contribution in [-0.4, -0.2) is 24.7 Å². The smallest absolute Gasteiger partial charge is 0.315 e. The Balaban J connectivity index is 1.91. The minimum absolute atomic E-state index is 0.237. The van der Waals surface area contributed by atoms with Gasteiger partial charge in [0.05, 0.1) is 23.4 Å². The van der Waals surface area contributed by atoms with E-state index in [9.17, 15) is 9.59 Å². The van der Waals surface area contributed by atoms with E-state index in [1.807, 2.05) is 24.3 Å². The molecule has 120 valence electrons. The number of amides is 1. The highest BCUT2D eigenvalue weighted by molar-refractivity contribution is 7.99. The molecular weight excluding hydrogens is 334 g/mol. The van der Waals surface area contributed by atoms with E-state index in [-0.39, 0.29) is 11.9 Å². The second-order valence-corrected chi connectivity index (χ2v) is 6.09. The molecule has 2 aromatic carbocycles. The fraction of sp³-hybridized carbons (Fsp3) is 0.176. The summed E-state index contributed by atoms with van der Waals surface area (Å²) in [6.07, 6.45) is 0. The molecular formula is C17H16ClNO3S. The molecule has 0 aromatic heterocycles. The van der Waals surface area contributed by atoms with Crippen molar-refractivity contribution in [3.05, 3.63) is 64.7 Å². The zero-order chi connectivity index (χ0) is 16.7. The lowest BCUT2D eigenvalue weighted by Crippen LogP contribution is -2.12. The SMILES string of the molecule is COC(=O)CSCc1ccc(NC(=O)c2ccccc2Cl)cc1. The van der Waals surface area contributed by atoms with Crippen molar-refractivity contribution < 1.29 is 14.3 Å². The summed E-state index contributed by atoms with van der Waals surface area (Å²) in [5.74, 6) is 0.539. The topological polar surface area (TPSA) is 55.4 Å². The average Bonchev–Trinajstić information content (AvgIpc) is 2.56. The van der Waals surface area contributed by atoms with Crippen molar-refractivity contribution in [3.8, 4) is 0 Å². The monoisotopic (exact) mass is 349 g/mol. The van der Waals surface area contributed by atoms with Gasteiger partial charge in [-0.05, 0) is 29.8 Å². The molecule has 0 unspecified atom stereocenters. The molecule has 6 heteroatoms. The summed E-state index contributed by atoms with van der Waals surface area (Å²) in [6, 6.07) is 14.4. The summed E-state index contributed by atoms with van der Waals surface area (Å²) in [5.41, 5.74) is 2.19. The second-order valence-electron chi connectivity index (χ2n) is 4.70. The summed E-state index contributed by atoms with van der Waals surface area (Å²) in [6.45, 7) is 0. The molecule has 0 heterocycles. The molecule has 0 saturated heterocycles. The van der Waals surface area contributed by atoms with Gasteiger partial charge in [0.1, 0.15) is 0 Å². The third kappa shape index (κ3) is 5.30. The van der Waals surface area contributed by atoms with Crippen LogP contribution >= 0.6 is 23.4 Å². The van der Waals surface area contributed by atoms with Gasteiger partial charge in [-0.1, -0.05) is 35.9 Å². The number of benzene rings is 2. The van der Waals surface area contributed by atoms with Crippen molar-refractivity contribution in [2.24, 2.45) is 0 Å². The maximum absolute atomic E-state index is 12.1. The molecule has 2 aromatic rings. The predicted molar refractivity (Wildman–Crippen MR) is 94.0 cm³/mol. The number of carbonyl (C=O) groups excluding carboxylic acids is 2. The lowest BCUT2D eigenvalue weighted by Gasteiger charge is -2.07. The first kappa shape index (κ1) is 17.4. The van der Waals surface area contributed by atoms with Crippen molar-refractivity contribution in [1.82, 2.24) is 0 Å². The molecule has 0 fully saturated rings. The van der Waals surface area contributed by atoms with Gasteiger partial charge in [-0.25, -0.2) is 0 Å². The Bertz CT molecular complexity index is 688. The molecule has 0 aliphatic carbocycles. The largest absolute Gasteiger partial charge is 0.468 e. The number of anilines is 1. The summed E-state index contributed by atoms with van der Waals surface area (Å²) in [7, 11) is 1.37. The Morgan fingerprint density at radius 3 is 2.48 bits per heavy atom. The van der Waals surface area contributed by atoms with E-state index in [0.29, 0.717) is 27.8 Å². The fourth-order valence-electron chi connectivity index (χ4n) is 1.84. The fourth-order valence-corrected chi connectivity index (χ4v) is 2.88. The zero-order valence-corrected chi connectivity index (χ0v) is 14.1. The van der Waals surface area contributed by atoms with Crippen LogP contribution in [-0.2, 0) is 15.3 Å². The number of hydrogen-bond donors (Lipinski definition) is 1. The highest BCUT2D eigenvalue weighted by Gasteiger charge is 2.09. The molecule has 0 spiro atoms. The number of rotatable bonds is 6. The van der Waals surface area contributed by atoms with Crippen LogP contribution in [0.15, 0.2) is 48.5 Å². The number of halogens is 1. The maximum atomic E-state index is 12.1. The van der Waals surface area contributed by atoms with E-state index in [1.54, 1.807) is 24.3 Å². The maximum Gasteiger partial charge on any atom is 0.315 e. The first-order valence-electron chi connectivity index (χ1n) is 6.89. The van der Waals surface area contributed by atoms with Crippen LogP contribution in [0.5, 0.6) is 0 Å². The second kappa shape index (κ2) is 8.60. The molecule has 0 atom stereocenters. The minimum atomic E-state index is -0.247. The molecule has 23 heavy (non-hydrogen) atoms. The third-order valence-electron chi connectivity index (χ3n) is 3.05. The molecule has 0 aliphatic heterocycles. The number of ether oxygens (including phenoxy) is 1. The van der Waals surface area contributed by atoms with Gasteiger partial charge in [-0.3, -0.25) is 9.59 Å². The normalized spacial score (nSPS) is 10.2. The highest BCUT2D eigenvalue weighted by Crippen LogP contribution is 2.19. The summed E-state index contributed by atoms with van der Waals surface area (Å²) in [5, 5.41) is 3.22. The van der Waals surface area contributed by atoms with E-state index in [0.717, 1.165) is 5.56 Å². The molecule has 0 bridgehead atoms. The number of esters is 1. The van der Waals surface area contributed by atoms with E-state index < -0.39 is 0 Å². The van der Waals surface area contributed by atoms with Gasteiger partial charge in [0.25, 0.3) is 5.91 Å². The first-order valence-corrected chi connectivity index (χ1v) is 8.43. The van der Waals surface area contributed by atoms with Gasteiger partial charge < -0.3 is 10.1 Å². The Morgan fingerprint density at radius 1 is 1.13 bits per heavy atom. The van der Waals surface area contributed by atoms with Crippen molar-refractivity contribution >= 4 is 40.9 Å². The van der Waals surface area contributed by atoms with Crippen LogP contribution in [0.4, 0.5) is 5.69 Å². The number of thioether (sulfide) groups is 1. The Labute approximate surface area is 144 Å². The Kier molecular flexibility index (Phi) is 6.50. The van der Waals surface area contributed by atoms with Crippen LogP contribution in [0.1, 0.15) is 15.9 Å². The standard InChI is InChI=1S/C17H16ClNO3S/c1-22-16(20)11-23-10-12-6-8-13(9-7-12)19-17(21)14-4-2-3-5-15(14)18/h2-9H,10-11H2,1H3,(H,19,21). The lowest BCUT2D eigenvalue weighted by atomic mass is 10.2. The van der Waals surface area contributed by atoms with Crippen LogP contribution in [0.2, 0.25) is 5.02 Å². The molecule has 0 aliphatic rings. The number of carbonyl (C=O) groups is 2. The van der Waals surface area contributed by atoms with E-state index in [4.69, 9.17) is 11.6 Å². The van der Waals surface area contributed by atoms with Gasteiger partial charge in [-0.2, -0.15) is 0 Å². The molecule has 0 saturated carbocycles. The van der Waals surface area contributed by atoms with E-state index in [1.165, 1.54) is 18.9 Å². The minimum Gasteiger partial charge on any atom is -0.468 e. The van der Waals surface area contributed by atoms with Crippen molar-refractivity contribution in [2.45, 2.75) is 5.75 Å². The molecule has 1 amide bonds. The van der Waals surface area contributed by atoms with Gasteiger partial charge in [-0.15, -0.1) is 11.8 Å². The number of hydrogen-bond acceptors (Lipinski definition) is 4. The van der Waals surface area contributed by atoms with Crippen LogP contribution in [0.25, 0.3) is 0 Å². The van der Waals surface area contributed by atoms with Crippen LogP contribution in [0, 0.1) is 0 Å². The molecule has 4 nitrogen and oxygen atoms in total. The summed E-state index contributed by atoms with van der Waals surface area (Å²) < 4.78 is 4.58. The third-order valence-corrected chi connectivity index (χ3v) is 4.35. The van der Waals surface area contributed by atoms with Crippen molar-refractivity contribution in [1.29, 1.82) is 0 Å². The zero-order valence-electron chi connectivity index (χ0n) is 12.5. The van der Waals surface area contributed by atoms with E-state index >= 15 is 0 Å². The molecule has 1 N–H and O–H groups in total. The van der Waals surface area contributed by atoms with Gasteiger partial charge >= 0.3 is 5.97 Å². The van der Waals surface area contributed by atoms with Crippen molar-refractivity contribution in [2.75, 3.05) is 18.2 Å². The van der Waals surface area contributed by atoms with Crippen LogP contribution in [0.3, 0.4) is 0 Å². The first-order chi connectivity index (χ1) is 11.1. The van der Waals surface area contributed by atoms with Gasteiger partial charge in [0, 0.05) is 11.4 Å². The quantitative estimate of drug-likeness (QED) is 0.801. The van der Waals surface area contributed by atoms with Crippen LogP contribution < -0.4 is 5.32 Å². The summed E-state index contributed by atoms with van der Waals surface area (Å²) in [4.78, 5) is 23.2. The van der Waals surface area contributed by atoms with E-state index in [2.05, 4.69) is 10.1 Å².